The van der Waals surface area contributed by atoms with Crippen LogP contribution in [0.4, 0.5) is 13.2 Å². The Morgan fingerprint density at radius 2 is 2.08 bits per heavy atom. The first kappa shape index (κ1) is 9.76. The van der Waals surface area contributed by atoms with E-state index in [0.717, 1.165) is 6.20 Å². The summed E-state index contributed by atoms with van der Waals surface area (Å²) in [5.74, 6) is -0.114. The van der Waals surface area contributed by atoms with E-state index in [4.69, 9.17) is 0 Å². The van der Waals surface area contributed by atoms with Crippen molar-refractivity contribution in [3.63, 3.8) is 0 Å². The predicted molar refractivity (Wildman–Crippen MR) is 38.3 cm³/mol. The van der Waals surface area contributed by atoms with Gasteiger partial charge in [-0.05, 0) is 6.92 Å². The first-order valence-corrected chi connectivity index (χ1v) is 3.45. The third-order valence-corrected chi connectivity index (χ3v) is 1.12. The van der Waals surface area contributed by atoms with E-state index < -0.39 is 12.8 Å². The number of rotatable bonds is 2. The van der Waals surface area contributed by atoms with Crippen LogP contribution in [-0.2, 0) is 0 Å². The molecule has 0 amide bonds. The van der Waals surface area contributed by atoms with Gasteiger partial charge in [0.15, 0.2) is 6.61 Å². The van der Waals surface area contributed by atoms with Crippen LogP contribution in [0.15, 0.2) is 12.4 Å². The zero-order valence-electron chi connectivity index (χ0n) is 6.80. The quantitative estimate of drug-likeness (QED) is 0.715. The van der Waals surface area contributed by atoms with Gasteiger partial charge in [0.2, 0.25) is 5.88 Å². The van der Waals surface area contributed by atoms with Crippen LogP contribution >= 0.6 is 0 Å². The number of hydrogen-bond acceptors (Lipinski definition) is 3. The van der Waals surface area contributed by atoms with Crippen molar-refractivity contribution in [2.45, 2.75) is 13.1 Å². The summed E-state index contributed by atoms with van der Waals surface area (Å²) in [5.41, 5.74) is 0.514. The fraction of sp³-hybridized carbons (Fsp3) is 0.429. The molecule has 3 nitrogen and oxygen atoms in total. The average molecular weight is 192 g/mol. The Bertz CT molecular complexity index is 287. The maximum Gasteiger partial charge on any atom is 0.422 e. The molecule has 0 radical (unpaired) electrons. The van der Waals surface area contributed by atoms with Crippen LogP contribution in [0, 0.1) is 6.92 Å². The highest BCUT2D eigenvalue weighted by molar-refractivity contribution is 5.06. The molecule has 0 aliphatic heterocycles. The molecule has 0 aliphatic rings. The fourth-order valence-corrected chi connectivity index (χ4v) is 0.666. The van der Waals surface area contributed by atoms with Crippen LogP contribution in [0.25, 0.3) is 0 Å². The van der Waals surface area contributed by atoms with Crippen molar-refractivity contribution in [1.82, 2.24) is 9.97 Å². The zero-order valence-corrected chi connectivity index (χ0v) is 6.80. The maximum atomic E-state index is 11.7. The molecule has 0 atom stereocenters. The van der Waals surface area contributed by atoms with Crippen LogP contribution in [0.1, 0.15) is 5.69 Å². The molecule has 13 heavy (non-hydrogen) atoms. The highest BCUT2D eigenvalue weighted by Crippen LogP contribution is 2.16. The fourth-order valence-electron chi connectivity index (χ4n) is 0.666. The molecule has 1 rings (SSSR count). The number of ether oxygens (including phenoxy) is 1. The SMILES string of the molecule is Cc1cncc(OCC(F)(F)F)n1. The van der Waals surface area contributed by atoms with Crippen molar-refractivity contribution in [2.24, 2.45) is 0 Å². The van der Waals surface area contributed by atoms with Crippen molar-refractivity contribution in [1.29, 1.82) is 0 Å². The van der Waals surface area contributed by atoms with E-state index in [1.54, 1.807) is 6.92 Å². The van der Waals surface area contributed by atoms with Gasteiger partial charge < -0.3 is 4.74 Å². The average Bonchev–Trinajstić information content (AvgIpc) is 2.00. The smallest absolute Gasteiger partial charge is 0.422 e. The van der Waals surface area contributed by atoms with E-state index in [1.807, 2.05) is 0 Å². The molecule has 0 fully saturated rings. The minimum Gasteiger partial charge on any atom is -0.467 e. The first-order valence-electron chi connectivity index (χ1n) is 3.45. The molecule has 0 spiro atoms. The van der Waals surface area contributed by atoms with Crippen molar-refractivity contribution in [3.05, 3.63) is 18.1 Å². The molecule has 0 unspecified atom stereocenters. The number of alkyl halides is 3. The number of hydrogen-bond donors (Lipinski definition) is 0. The summed E-state index contributed by atoms with van der Waals surface area (Å²) in [7, 11) is 0. The summed E-state index contributed by atoms with van der Waals surface area (Å²) in [6, 6.07) is 0. The van der Waals surface area contributed by atoms with Gasteiger partial charge in [0.05, 0.1) is 11.9 Å². The minimum atomic E-state index is -4.34. The van der Waals surface area contributed by atoms with E-state index in [9.17, 15) is 13.2 Å². The van der Waals surface area contributed by atoms with Gasteiger partial charge in [0.25, 0.3) is 0 Å². The highest BCUT2D eigenvalue weighted by atomic mass is 19.4. The molecule has 0 saturated carbocycles. The molecule has 6 heteroatoms. The third-order valence-electron chi connectivity index (χ3n) is 1.12. The summed E-state index contributed by atoms with van der Waals surface area (Å²) < 4.78 is 39.4. The van der Waals surface area contributed by atoms with E-state index in [2.05, 4.69) is 14.7 Å². The lowest BCUT2D eigenvalue weighted by Gasteiger charge is -2.07. The molecule has 0 N–H and O–H groups in total. The van der Waals surface area contributed by atoms with E-state index in [0.29, 0.717) is 5.69 Å². The second kappa shape index (κ2) is 3.59. The molecule has 1 aromatic rings. The molecule has 1 aromatic heterocycles. The second-order valence-electron chi connectivity index (χ2n) is 2.40. The van der Waals surface area contributed by atoms with Crippen LogP contribution in [0.2, 0.25) is 0 Å². The highest BCUT2D eigenvalue weighted by Gasteiger charge is 2.28. The minimum absolute atomic E-state index is 0.114. The van der Waals surface area contributed by atoms with Gasteiger partial charge in [-0.25, -0.2) is 4.98 Å². The maximum absolute atomic E-state index is 11.7. The number of aromatic nitrogens is 2. The van der Waals surface area contributed by atoms with E-state index in [-0.39, 0.29) is 5.88 Å². The Hall–Kier alpha value is -1.33. The Morgan fingerprint density at radius 3 is 2.62 bits per heavy atom. The molecule has 0 bridgehead atoms. The molecule has 72 valence electrons. The molecule has 0 aliphatic carbocycles. The van der Waals surface area contributed by atoms with Crippen LogP contribution in [-0.4, -0.2) is 22.8 Å². The topological polar surface area (TPSA) is 35.0 Å². The standard InChI is InChI=1S/C7H7F3N2O/c1-5-2-11-3-6(12-5)13-4-7(8,9)10/h2-3H,4H2,1H3. The second-order valence-corrected chi connectivity index (χ2v) is 2.40. The molecule has 1 heterocycles. The Morgan fingerprint density at radius 1 is 1.38 bits per heavy atom. The monoisotopic (exact) mass is 192 g/mol. The van der Waals surface area contributed by atoms with Gasteiger partial charge in [-0.15, -0.1) is 0 Å². The summed E-state index contributed by atoms with van der Waals surface area (Å²) in [6.07, 6.45) is -1.77. The van der Waals surface area contributed by atoms with Crippen LogP contribution in [0.3, 0.4) is 0 Å². The molecular weight excluding hydrogens is 185 g/mol. The Balaban J connectivity index is 2.55. The molecule has 0 aromatic carbocycles. The van der Waals surface area contributed by atoms with Crippen LogP contribution in [0.5, 0.6) is 5.88 Å². The number of nitrogens with zero attached hydrogens (tertiary/aromatic N) is 2. The van der Waals surface area contributed by atoms with Gasteiger partial charge in [0, 0.05) is 6.20 Å². The summed E-state index contributed by atoms with van der Waals surface area (Å²) in [6.45, 7) is 0.276. The predicted octanol–water partition coefficient (Wildman–Crippen LogP) is 1.73. The zero-order chi connectivity index (χ0) is 9.90. The van der Waals surface area contributed by atoms with Crippen LogP contribution < -0.4 is 4.74 Å². The van der Waals surface area contributed by atoms with E-state index >= 15 is 0 Å². The largest absolute Gasteiger partial charge is 0.467 e. The normalized spacial score (nSPS) is 11.4. The Labute approximate surface area is 72.6 Å². The van der Waals surface area contributed by atoms with Gasteiger partial charge in [-0.3, -0.25) is 4.98 Å². The van der Waals surface area contributed by atoms with Crippen molar-refractivity contribution in [3.8, 4) is 5.88 Å². The molecule has 0 saturated heterocycles. The van der Waals surface area contributed by atoms with Crippen molar-refractivity contribution >= 4 is 0 Å². The summed E-state index contributed by atoms with van der Waals surface area (Å²) in [4.78, 5) is 7.32. The number of aryl methyl sites for hydroxylation is 1. The van der Waals surface area contributed by atoms with Crippen molar-refractivity contribution in [2.75, 3.05) is 6.61 Å². The van der Waals surface area contributed by atoms with E-state index in [1.165, 1.54) is 6.20 Å². The lowest BCUT2D eigenvalue weighted by Crippen LogP contribution is -2.19. The van der Waals surface area contributed by atoms with Gasteiger partial charge >= 0.3 is 6.18 Å². The lowest BCUT2D eigenvalue weighted by atomic mass is 10.5. The van der Waals surface area contributed by atoms with Gasteiger partial charge in [-0.2, -0.15) is 13.2 Å². The third kappa shape index (κ3) is 3.73. The first-order chi connectivity index (χ1) is 5.97. The van der Waals surface area contributed by atoms with Gasteiger partial charge in [-0.1, -0.05) is 0 Å². The molecular formula is C7H7F3N2O. The number of halogens is 3. The van der Waals surface area contributed by atoms with Crippen molar-refractivity contribution < 1.29 is 17.9 Å². The van der Waals surface area contributed by atoms with Gasteiger partial charge in [0.1, 0.15) is 0 Å². The summed E-state index contributed by atoms with van der Waals surface area (Å²) >= 11 is 0. The Kier molecular flexibility index (Phi) is 2.69. The lowest BCUT2D eigenvalue weighted by molar-refractivity contribution is -0.154. The summed E-state index contributed by atoms with van der Waals surface area (Å²) in [5, 5.41) is 0.